The quantitative estimate of drug-likeness (QED) is 0.259. The molecule has 0 bridgehead atoms. The van der Waals surface area contributed by atoms with Crippen molar-refractivity contribution < 1.29 is 4.74 Å². The van der Waals surface area contributed by atoms with Crippen molar-refractivity contribution in [3.63, 3.8) is 0 Å². The van der Waals surface area contributed by atoms with Crippen LogP contribution in [0.1, 0.15) is 94.7 Å². The summed E-state index contributed by atoms with van der Waals surface area (Å²) in [7, 11) is 1.64. The number of ether oxygens (including phenoxy) is 1. The lowest BCUT2D eigenvalue weighted by molar-refractivity contribution is 0.417. The molecule has 2 saturated carbocycles. The van der Waals surface area contributed by atoms with Gasteiger partial charge in [0.25, 0.3) is 0 Å². The number of rotatable bonds is 5. The maximum absolute atomic E-state index is 6.23. The highest BCUT2D eigenvalue weighted by Crippen LogP contribution is 2.57. The monoisotopic (exact) mass is 487 g/mol. The largest absolute Gasteiger partial charge is 0.496 e. The lowest BCUT2D eigenvalue weighted by Crippen LogP contribution is -2.29. The number of aromatic nitrogens is 1. The average Bonchev–Trinajstić information content (AvgIpc) is 3.04. The Kier molecular flexibility index (Phi) is 7.20. The number of benzene rings is 2. The van der Waals surface area contributed by atoms with E-state index in [1.807, 2.05) is 7.11 Å². The molecule has 3 heteroatoms. The number of para-hydroxylation sites is 1. The number of methoxy groups -OCH3 is 1. The third-order valence-electron chi connectivity index (χ3n) is 9.06. The van der Waals surface area contributed by atoms with Crippen molar-refractivity contribution in [1.82, 2.24) is 4.57 Å². The second-order valence-corrected chi connectivity index (χ2v) is 13.9. The van der Waals surface area contributed by atoms with Crippen LogP contribution in [-0.2, 0) is 12.8 Å². The molecule has 0 N–H and O–H groups in total. The maximum atomic E-state index is 6.23. The van der Waals surface area contributed by atoms with Crippen LogP contribution in [0.25, 0.3) is 16.6 Å². The minimum absolute atomic E-state index is 0.265. The van der Waals surface area contributed by atoms with Crippen molar-refractivity contribution in [2.45, 2.75) is 108 Å². The van der Waals surface area contributed by atoms with Crippen molar-refractivity contribution in [3.8, 4) is 11.4 Å². The van der Waals surface area contributed by atoms with E-state index < -0.39 is 0 Å². The topological polar surface area (TPSA) is 14.2 Å². The van der Waals surface area contributed by atoms with Crippen LogP contribution in [0.15, 0.2) is 42.5 Å². The SMILES string of the molecule is COc1cccc(-n2c3c(c4ccccc42)CCCCC3)c1P(C1CCCCC1)C1CCCCC1. The second-order valence-electron chi connectivity index (χ2n) is 11.2. The van der Waals surface area contributed by atoms with Gasteiger partial charge in [0, 0.05) is 16.4 Å². The molecule has 2 aromatic carbocycles. The van der Waals surface area contributed by atoms with E-state index in [1.54, 1.807) is 16.6 Å². The van der Waals surface area contributed by atoms with Crippen LogP contribution in [0.3, 0.4) is 0 Å². The zero-order valence-corrected chi connectivity index (χ0v) is 22.5. The zero-order valence-electron chi connectivity index (χ0n) is 21.6. The molecule has 0 unspecified atom stereocenters. The second kappa shape index (κ2) is 10.7. The lowest BCUT2D eigenvalue weighted by Gasteiger charge is -2.40. The van der Waals surface area contributed by atoms with Crippen LogP contribution in [0.5, 0.6) is 5.75 Å². The van der Waals surface area contributed by atoms with Crippen molar-refractivity contribution in [2.75, 3.05) is 7.11 Å². The molecular formula is C32H42NOP. The molecule has 0 radical (unpaired) electrons. The summed E-state index contributed by atoms with van der Waals surface area (Å²) in [6, 6.07) is 16.2. The van der Waals surface area contributed by atoms with E-state index in [4.69, 9.17) is 4.74 Å². The molecule has 2 nitrogen and oxygen atoms in total. The number of fused-ring (bicyclic) bond motifs is 3. The van der Waals surface area contributed by atoms with Crippen LogP contribution in [-0.4, -0.2) is 23.0 Å². The number of hydrogen-bond donors (Lipinski definition) is 0. The molecule has 6 rings (SSSR count). The molecule has 0 spiro atoms. The Labute approximate surface area is 213 Å². The molecule has 2 fully saturated rings. The fourth-order valence-electron chi connectivity index (χ4n) is 7.44. The minimum atomic E-state index is -0.265. The number of nitrogens with zero attached hydrogens (tertiary/aromatic N) is 1. The van der Waals surface area contributed by atoms with Gasteiger partial charge in [-0.3, -0.25) is 0 Å². The first-order chi connectivity index (χ1) is 17.4. The first-order valence-corrected chi connectivity index (χ1v) is 15.9. The molecule has 35 heavy (non-hydrogen) atoms. The normalized spacial score (nSPS) is 20.2. The van der Waals surface area contributed by atoms with Gasteiger partial charge in [0.15, 0.2) is 0 Å². The summed E-state index contributed by atoms with van der Waals surface area (Å²) in [5.41, 5.74) is 7.78. The highest BCUT2D eigenvalue weighted by Gasteiger charge is 2.36. The van der Waals surface area contributed by atoms with Crippen molar-refractivity contribution in [3.05, 3.63) is 53.7 Å². The van der Waals surface area contributed by atoms with Gasteiger partial charge in [-0.05, 0) is 86.4 Å². The van der Waals surface area contributed by atoms with Crippen molar-refractivity contribution >= 4 is 24.1 Å². The van der Waals surface area contributed by atoms with E-state index in [2.05, 4.69) is 47.0 Å². The number of hydrogen-bond acceptors (Lipinski definition) is 1. The van der Waals surface area contributed by atoms with Gasteiger partial charge in [0.1, 0.15) is 5.75 Å². The Morgan fingerprint density at radius 2 is 1.37 bits per heavy atom. The van der Waals surface area contributed by atoms with Gasteiger partial charge in [0.05, 0.1) is 18.3 Å². The Bertz CT molecular complexity index is 1130. The summed E-state index contributed by atoms with van der Waals surface area (Å²) in [6.45, 7) is 0. The van der Waals surface area contributed by atoms with E-state index >= 15 is 0 Å². The van der Waals surface area contributed by atoms with Crippen molar-refractivity contribution in [1.29, 1.82) is 0 Å². The van der Waals surface area contributed by atoms with Crippen LogP contribution in [0.4, 0.5) is 0 Å². The molecule has 1 aromatic heterocycles. The van der Waals surface area contributed by atoms with E-state index in [-0.39, 0.29) is 7.92 Å². The Hall–Kier alpha value is -1.79. The highest BCUT2D eigenvalue weighted by atomic mass is 31.1. The minimum Gasteiger partial charge on any atom is -0.496 e. The van der Waals surface area contributed by atoms with E-state index in [9.17, 15) is 0 Å². The summed E-state index contributed by atoms with van der Waals surface area (Å²) in [5, 5.41) is 3.08. The fraction of sp³-hybridized carbons (Fsp3) is 0.562. The van der Waals surface area contributed by atoms with Gasteiger partial charge in [-0.2, -0.15) is 0 Å². The van der Waals surface area contributed by atoms with Gasteiger partial charge in [0.2, 0.25) is 0 Å². The third kappa shape index (κ3) is 4.46. The van der Waals surface area contributed by atoms with Gasteiger partial charge < -0.3 is 9.30 Å². The number of aryl methyl sites for hydroxylation is 1. The Morgan fingerprint density at radius 1 is 0.714 bits per heavy atom. The van der Waals surface area contributed by atoms with E-state index in [0.29, 0.717) is 0 Å². The van der Waals surface area contributed by atoms with Crippen LogP contribution < -0.4 is 10.0 Å². The van der Waals surface area contributed by atoms with Gasteiger partial charge in [-0.1, -0.05) is 77.1 Å². The predicted octanol–water partition coefficient (Wildman–Crippen LogP) is 8.68. The molecule has 0 amide bonds. The van der Waals surface area contributed by atoms with E-state index in [0.717, 1.165) is 17.1 Å². The molecule has 0 saturated heterocycles. The molecule has 0 aliphatic heterocycles. The third-order valence-corrected chi connectivity index (χ3v) is 12.6. The first kappa shape index (κ1) is 23.6. The predicted molar refractivity (Wildman–Crippen MR) is 151 cm³/mol. The standard InChI is InChI=1S/C32H42NOP/c1-34-31-23-13-22-30(32(31)35(24-14-5-2-6-15-24)25-16-7-3-8-17-25)33-28-20-10-4-9-18-26(28)27-19-11-12-21-29(27)33/h11-13,19,21-25H,2-10,14-18,20H2,1H3. The fourth-order valence-corrected chi connectivity index (χ4v) is 11.5. The van der Waals surface area contributed by atoms with Crippen LogP contribution in [0, 0.1) is 0 Å². The zero-order chi connectivity index (χ0) is 23.6. The Balaban J connectivity index is 1.59. The summed E-state index contributed by atoms with van der Waals surface area (Å²) in [4.78, 5) is 0. The molecule has 186 valence electrons. The molecule has 1 heterocycles. The molecule has 0 atom stereocenters. The lowest BCUT2D eigenvalue weighted by atomic mass is 9.99. The molecule has 3 aliphatic rings. The van der Waals surface area contributed by atoms with Gasteiger partial charge in [-0.25, -0.2) is 0 Å². The molecule has 3 aromatic rings. The average molecular weight is 488 g/mol. The molecular weight excluding hydrogens is 445 g/mol. The highest BCUT2D eigenvalue weighted by molar-refractivity contribution is 7.67. The van der Waals surface area contributed by atoms with Crippen LogP contribution in [0.2, 0.25) is 0 Å². The summed E-state index contributed by atoms with van der Waals surface area (Å²) < 4.78 is 8.93. The van der Waals surface area contributed by atoms with E-state index in [1.165, 1.54) is 113 Å². The smallest absolute Gasteiger partial charge is 0.128 e. The van der Waals surface area contributed by atoms with Gasteiger partial charge in [-0.15, -0.1) is 0 Å². The maximum Gasteiger partial charge on any atom is 0.128 e. The van der Waals surface area contributed by atoms with Crippen LogP contribution >= 0.6 is 7.92 Å². The Morgan fingerprint density at radius 3 is 2.09 bits per heavy atom. The van der Waals surface area contributed by atoms with Gasteiger partial charge >= 0.3 is 0 Å². The summed E-state index contributed by atoms with van der Waals surface area (Å²) >= 11 is 0. The summed E-state index contributed by atoms with van der Waals surface area (Å²) in [6.07, 6.45) is 20.6. The summed E-state index contributed by atoms with van der Waals surface area (Å²) in [5.74, 6) is 1.16. The molecule has 3 aliphatic carbocycles. The first-order valence-electron chi connectivity index (χ1n) is 14.4. The van der Waals surface area contributed by atoms with Crippen molar-refractivity contribution in [2.24, 2.45) is 0 Å².